The molecule has 0 saturated carbocycles. The van der Waals surface area contributed by atoms with Gasteiger partial charge in [0.25, 0.3) is 0 Å². The Kier molecular flexibility index (Phi) is 6.84. The van der Waals surface area contributed by atoms with Crippen LogP contribution in [0.4, 0.5) is 0 Å². The van der Waals surface area contributed by atoms with E-state index in [1.807, 2.05) is 18.3 Å². The van der Waals surface area contributed by atoms with Gasteiger partial charge in [0, 0.05) is 9.58 Å². The third-order valence-electron chi connectivity index (χ3n) is 4.71. The first-order chi connectivity index (χ1) is 13.6. The van der Waals surface area contributed by atoms with Crippen molar-refractivity contribution >= 4 is 38.3 Å². The molecule has 0 N–H and O–H groups in total. The van der Waals surface area contributed by atoms with Gasteiger partial charge in [-0.25, -0.2) is 0 Å². The van der Waals surface area contributed by atoms with E-state index in [-0.39, 0.29) is 0 Å². The molecule has 0 radical (unpaired) electrons. The molecule has 0 spiro atoms. The zero-order chi connectivity index (χ0) is 19.9. The lowest BCUT2D eigenvalue weighted by Crippen LogP contribution is -1.88. The largest absolute Gasteiger partial charge is 0.136 e. The van der Waals surface area contributed by atoms with Crippen LogP contribution in [0.1, 0.15) is 34.9 Å². The highest BCUT2D eigenvalue weighted by molar-refractivity contribution is 7.20. The van der Waals surface area contributed by atoms with Gasteiger partial charge in [0.1, 0.15) is 0 Å². The van der Waals surface area contributed by atoms with Crippen molar-refractivity contribution in [2.24, 2.45) is 0 Å². The molecule has 0 aliphatic heterocycles. The van der Waals surface area contributed by atoms with E-state index < -0.39 is 0 Å². The van der Waals surface area contributed by atoms with Crippen LogP contribution in [0, 0.1) is 13.8 Å². The van der Waals surface area contributed by atoms with Crippen molar-refractivity contribution in [2.75, 3.05) is 0 Å². The molecule has 0 amide bonds. The monoisotopic (exact) mass is 384 g/mol. The number of aryl methyl sites for hydroxylation is 3. The molecule has 1 aromatic heterocycles. The third-order valence-corrected chi connectivity index (χ3v) is 5.89. The standard InChI is InChI=1S/C13H12S.C11H10.C3H6/c1-9-6-7-13-11(8-9)10-4-2-3-5-12(10)14-13;1-9-6-7-10-4-2-3-5-11(10)8-9;1-3-2/h3,5-8H,2,4H2,1H3;2-8H,1H3;3H,1H2,2H3. The van der Waals surface area contributed by atoms with E-state index >= 15 is 0 Å². The molecular formula is C27H28S. The van der Waals surface area contributed by atoms with Gasteiger partial charge in [-0.05, 0) is 67.5 Å². The van der Waals surface area contributed by atoms with Gasteiger partial charge in [-0.3, -0.25) is 0 Å². The van der Waals surface area contributed by atoms with Gasteiger partial charge >= 0.3 is 0 Å². The normalized spacial score (nSPS) is 11.8. The molecular weight excluding hydrogens is 356 g/mol. The Morgan fingerprint density at radius 1 is 0.893 bits per heavy atom. The Bertz CT molecular complexity index is 1110. The Hall–Kier alpha value is -2.64. The Balaban J connectivity index is 0.000000145. The van der Waals surface area contributed by atoms with Crippen LogP contribution < -0.4 is 0 Å². The predicted octanol–water partition coefficient (Wildman–Crippen LogP) is 8.51. The fraction of sp³-hybridized carbons (Fsp3) is 0.185. The fourth-order valence-electron chi connectivity index (χ4n) is 3.40. The highest BCUT2D eigenvalue weighted by Gasteiger charge is 2.11. The second kappa shape index (κ2) is 9.52. The third kappa shape index (κ3) is 4.79. The minimum atomic E-state index is 1.20. The second-order valence-corrected chi connectivity index (χ2v) is 8.23. The van der Waals surface area contributed by atoms with Crippen molar-refractivity contribution < 1.29 is 0 Å². The summed E-state index contributed by atoms with van der Waals surface area (Å²) in [5.41, 5.74) is 4.26. The zero-order valence-electron chi connectivity index (χ0n) is 17.0. The molecule has 1 aliphatic rings. The quantitative estimate of drug-likeness (QED) is 0.266. The molecule has 0 bridgehead atoms. The minimum Gasteiger partial charge on any atom is -0.136 e. The van der Waals surface area contributed by atoms with E-state index in [4.69, 9.17) is 0 Å². The lowest BCUT2D eigenvalue weighted by Gasteiger charge is -2.04. The van der Waals surface area contributed by atoms with Crippen LogP contribution in [-0.4, -0.2) is 0 Å². The number of hydrogen-bond acceptors (Lipinski definition) is 1. The number of thiophene rings is 1. The summed E-state index contributed by atoms with van der Waals surface area (Å²) >= 11 is 1.92. The van der Waals surface area contributed by atoms with Crippen molar-refractivity contribution in [3.8, 4) is 0 Å². The number of allylic oxidation sites excluding steroid dienone is 2. The first-order valence-electron chi connectivity index (χ1n) is 9.83. The summed E-state index contributed by atoms with van der Waals surface area (Å²) in [6.07, 6.45) is 8.73. The molecule has 1 heteroatoms. The fourth-order valence-corrected chi connectivity index (χ4v) is 4.57. The van der Waals surface area contributed by atoms with Crippen molar-refractivity contribution in [1.82, 2.24) is 0 Å². The van der Waals surface area contributed by atoms with Crippen LogP contribution in [0.3, 0.4) is 0 Å². The Morgan fingerprint density at radius 2 is 1.57 bits per heavy atom. The maximum atomic E-state index is 3.36. The molecule has 0 unspecified atom stereocenters. The molecule has 3 aromatic carbocycles. The smallest absolute Gasteiger partial charge is 0.0352 e. The highest BCUT2D eigenvalue weighted by Crippen LogP contribution is 2.35. The van der Waals surface area contributed by atoms with Crippen LogP contribution >= 0.6 is 11.3 Å². The van der Waals surface area contributed by atoms with Crippen molar-refractivity contribution in [2.45, 2.75) is 33.6 Å². The second-order valence-electron chi connectivity index (χ2n) is 7.14. The minimum absolute atomic E-state index is 1.20. The molecule has 0 nitrogen and oxygen atoms in total. The molecule has 28 heavy (non-hydrogen) atoms. The first-order valence-corrected chi connectivity index (χ1v) is 10.6. The van der Waals surface area contributed by atoms with Crippen LogP contribution in [0.2, 0.25) is 0 Å². The average molecular weight is 385 g/mol. The number of fused-ring (bicyclic) bond motifs is 4. The van der Waals surface area contributed by atoms with Crippen LogP contribution in [0.25, 0.3) is 26.9 Å². The number of rotatable bonds is 0. The van der Waals surface area contributed by atoms with Crippen molar-refractivity contribution in [1.29, 1.82) is 0 Å². The number of benzene rings is 3. The van der Waals surface area contributed by atoms with Crippen molar-refractivity contribution in [3.63, 3.8) is 0 Å². The highest BCUT2D eigenvalue weighted by atomic mass is 32.1. The van der Waals surface area contributed by atoms with Gasteiger partial charge in [0.15, 0.2) is 0 Å². The Morgan fingerprint density at radius 3 is 2.36 bits per heavy atom. The molecule has 0 fully saturated rings. The van der Waals surface area contributed by atoms with Gasteiger partial charge < -0.3 is 0 Å². The number of hydrogen-bond donors (Lipinski definition) is 0. The van der Waals surface area contributed by atoms with Gasteiger partial charge in [-0.2, -0.15) is 0 Å². The van der Waals surface area contributed by atoms with Gasteiger partial charge in [-0.15, -0.1) is 17.9 Å². The lowest BCUT2D eigenvalue weighted by atomic mass is 10.0. The van der Waals surface area contributed by atoms with Crippen LogP contribution in [-0.2, 0) is 6.42 Å². The van der Waals surface area contributed by atoms with E-state index in [9.17, 15) is 0 Å². The van der Waals surface area contributed by atoms with Crippen LogP contribution in [0.15, 0.2) is 79.4 Å². The van der Waals surface area contributed by atoms with E-state index in [1.165, 1.54) is 49.7 Å². The SMILES string of the molecule is C=CC.Cc1ccc2ccccc2c1.Cc1ccc2sc3c(c2c1)CCC=C3. The molecule has 0 atom stereocenters. The summed E-state index contributed by atoms with van der Waals surface area (Å²) in [7, 11) is 0. The van der Waals surface area contributed by atoms with Crippen LogP contribution in [0.5, 0.6) is 0 Å². The summed E-state index contributed by atoms with van der Waals surface area (Å²) in [5, 5.41) is 4.12. The summed E-state index contributed by atoms with van der Waals surface area (Å²) in [6.45, 7) is 9.54. The molecule has 1 aliphatic carbocycles. The molecule has 0 saturated heterocycles. The Labute approximate surface area is 172 Å². The van der Waals surface area contributed by atoms with E-state index in [2.05, 4.69) is 93.2 Å². The van der Waals surface area contributed by atoms with Gasteiger partial charge in [-0.1, -0.05) is 77.9 Å². The van der Waals surface area contributed by atoms with E-state index in [0.717, 1.165) is 0 Å². The first kappa shape index (κ1) is 20.1. The zero-order valence-corrected chi connectivity index (χ0v) is 17.9. The predicted molar refractivity (Wildman–Crippen MR) is 128 cm³/mol. The molecule has 5 rings (SSSR count). The average Bonchev–Trinajstić information content (AvgIpc) is 3.07. The summed E-state index contributed by atoms with van der Waals surface area (Å²) in [6, 6.07) is 21.7. The lowest BCUT2D eigenvalue weighted by molar-refractivity contribution is 1.01. The molecule has 1 heterocycles. The summed E-state index contributed by atoms with van der Waals surface area (Å²) < 4.78 is 1.44. The maximum absolute atomic E-state index is 3.36. The van der Waals surface area contributed by atoms with E-state index in [0.29, 0.717) is 0 Å². The topological polar surface area (TPSA) is 0 Å². The maximum Gasteiger partial charge on any atom is 0.0352 e. The summed E-state index contributed by atoms with van der Waals surface area (Å²) in [4.78, 5) is 1.47. The van der Waals surface area contributed by atoms with Gasteiger partial charge in [0.2, 0.25) is 0 Å². The molecule has 4 aromatic rings. The van der Waals surface area contributed by atoms with Gasteiger partial charge in [0.05, 0.1) is 0 Å². The van der Waals surface area contributed by atoms with E-state index in [1.54, 1.807) is 11.6 Å². The van der Waals surface area contributed by atoms with Crippen molar-refractivity contribution in [3.05, 3.63) is 101 Å². The summed E-state index contributed by atoms with van der Waals surface area (Å²) in [5.74, 6) is 0. The molecule has 142 valence electrons.